The van der Waals surface area contributed by atoms with E-state index < -0.39 is 0 Å². The van der Waals surface area contributed by atoms with Gasteiger partial charge < -0.3 is 4.84 Å². The van der Waals surface area contributed by atoms with Crippen molar-refractivity contribution in [3.63, 3.8) is 0 Å². The second-order valence-electron chi connectivity index (χ2n) is 4.79. The molecule has 3 rings (SSSR count). The van der Waals surface area contributed by atoms with Crippen LogP contribution < -0.4 is 4.84 Å². The Morgan fingerprint density at radius 2 is 2.06 bits per heavy atom. The molecular weight excluding hydrogens is 226 g/mol. The highest BCUT2D eigenvalue weighted by Gasteiger charge is 2.10. The highest BCUT2D eigenvalue weighted by molar-refractivity contribution is 5.75. The third kappa shape index (κ3) is 2.48. The molecule has 2 aromatic heterocycles. The maximum atomic E-state index is 5.77. The molecule has 0 amide bonds. The molecule has 2 aromatic rings. The van der Waals surface area contributed by atoms with Gasteiger partial charge in [0, 0.05) is 24.3 Å². The van der Waals surface area contributed by atoms with Gasteiger partial charge in [-0.1, -0.05) is 6.42 Å². The highest BCUT2D eigenvalue weighted by atomic mass is 16.7. The van der Waals surface area contributed by atoms with Gasteiger partial charge in [-0.3, -0.25) is 4.90 Å². The molecule has 0 aromatic carbocycles. The minimum atomic E-state index is 0.723. The first kappa shape index (κ1) is 11.5. The van der Waals surface area contributed by atoms with Crippen molar-refractivity contribution >= 4 is 11.0 Å². The lowest BCUT2D eigenvalue weighted by molar-refractivity contribution is 0.0867. The zero-order valence-electron chi connectivity index (χ0n) is 10.6. The van der Waals surface area contributed by atoms with Gasteiger partial charge in [0.15, 0.2) is 5.65 Å². The van der Waals surface area contributed by atoms with Crippen molar-refractivity contribution in [3.05, 3.63) is 30.6 Å². The fourth-order valence-corrected chi connectivity index (χ4v) is 2.50. The monoisotopic (exact) mass is 245 g/mol. The topological polar surface area (TPSA) is 30.3 Å². The summed E-state index contributed by atoms with van der Waals surface area (Å²) in [6, 6.07) is 6.02. The molecule has 1 aliphatic heterocycles. The van der Waals surface area contributed by atoms with Crippen LogP contribution in [0.5, 0.6) is 0 Å². The van der Waals surface area contributed by atoms with E-state index in [-0.39, 0.29) is 0 Å². The van der Waals surface area contributed by atoms with Crippen LogP contribution in [0.3, 0.4) is 0 Å². The molecule has 1 fully saturated rings. The van der Waals surface area contributed by atoms with E-state index in [0.29, 0.717) is 0 Å². The summed E-state index contributed by atoms with van der Waals surface area (Å²) in [7, 11) is 0. The standard InChI is InChI=1S/C14H19N3O/c1-2-8-16(9-3-1)11-12-18-17-10-6-13-5-4-7-15-14(13)17/h4-7,10H,1-3,8-9,11-12H2. The summed E-state index contributed by atoms with van der Waals surface area (Å²) >= 11 is 0. The van der Waals surface area contributed by atoms with E-state index in [1.807, 2.05) is 24.4 Å². The first-order chi connectivity index (χ1) is 8.93. The second-order valence-corrected chi connectivity index (χ2v) is 4.79. The van der Waals surface area contributed by atoms with Gasteiger partial charge in [0.1, 0.15) is 6.61 Å². The Hall–Kier alpha value is -1.55. The van der Waals surface area contributed by atoms with Gasteiger partial charge in [-0.15, -0.1) is 0 Å². The maximum absolute atomic E-state index is 5.77. The van der Waals surface area contributed by atoms with Crippen molar-refractivity contribution in [2.24, 2.45) is 0 Å². The van der Waals surface area contributed by atoms with Crippen LogP contribution in [0.4, 0.5) is 0 Å². The number of hydrogen-bond donors (Lipinski definition) is 0. The van der Waals surface area contributed by atoms with Crippen molar-refractivity contribution in [1.82, 2.24) is 14.6 Å². The number of aromatic nitrogens is 2. The van der Waals surface area contributed by atoms with E-state index in [0.717, 1.165) is 24.2 Å². The number of fused-ring (bicyclic) bond motifs is 1. The predicted molar refractivity (Wildman–Crippen MR) is 71.5 cm³/mol. The summed E-state index contributed by atoms with van der Waals surface area (Å²) in [6.07, 6.45) is 7.77. The van der Waals surface area contributed by atoms with Crippen molar-refractivity contribution in [2.75, 3.05) is 26.2 Å². The molecule has 0 radical (unpaired) electrons. The van der Waals surface area contributed by atoms with Crippen molar-refractivity contribution in [2.45, 2.75) is 19.3 Å². The quantitative estimate of drug-likeness (QED) is 0.824. The Balaban J connectivity index is 1.56. The highest BCUT2D eigenvalue weighted by Crippen LogP contribution is 2.11. The summed E-state index contributed by atoms with van der Waals surface area (Å²) in [5.74, 6) is 0. The van der Waals surface area contributed by atoms with E-state index in [1.165, 1.54) is 32.4 Å². The van der Waals surface area contributed by atoms with Crippen LogP contribution in [-0.4, -0.2) is 40.9 Å². The number of hydrogen-bond acceptors (Lipinski definition) is 3. The molecule has 0 N–H and O–H groups in total. The minimum absolute atomic E-state index is 0.723. The SMILES string of the molecule is c1cnc2c(c1)ccn2OCCN1CCCCC1. The minimum Gasteiger partial charge on any atom is -0.411 e. The Labute approximate surface area is 107 Å². The van der Waals surface area contributed by atoms with Crippen LogP contribution in [0.2, 0.25) is 0 Å². The number of piperidine rings is 1. The zero-order chi connectivity index (χ0) is 12.2. The van der Waals surface area contributed by atoms with Crippen LogP contribution in [-0.2, 0) is 0 Å². The molecule has 0 atom stereocenters. The third-order valence-electron chi connectivity index (χ3n) is 3.50. The van der Waals surface area contributed by atoms with E-state index in [2.05, 4.69) is 9.88 Å². The first-order valence-corrected chi connectivity index (χ1v) is 6.71. The van der Waals surface area contributed by atoms with Gasteiger partial charge in [0.2, 0.25) is 0 Å². The molecule has 96 valence electrons. The lowest BCUT2D eigenvalue weighted by atomic mass is 10.1. The molecule has 0 unspecified atom stereocenters. The molecule has 0 aliphatic carbocycles. The smallest absolute Gasteiger partial charge is 0.175 e. The van der Waals surface area contributed by atoms with Gasteiger partial charge in [-0.2, -0.15) is 4.73 Å². The Kier molecular flexibility index (Phi) is 3.46. The largest absolute Gasteiger partial charge is 0.411 e. The Morgan fingerprint density at radius 3 is 2.94 bits per heavy atom. The summed E-state index contributed by atoms with van der Waals surface area (Å²) in [4.78, 5) is 12.6. The number of likely N-dealkylation sites (tertiary alicyclic amines) is 1. The predicted octanol–water partition coefficient (Wildman–Crippen LogP) is 1.95. The number of nitrogens with zero attached hydrogens (tertiary/aromatic N) is 3. The Morgan fingerprint density at radius 1 is 1.17 bits per heavy atom. The van der Waals surface area contributed by atoms with Gasteiger partial charge in [-0.25, -0.2) is 4.98 Å². The van der Waals surface area contributed by atoms with Crippen molar-refractivity contribution in [1.29, 1.82) is 0 Å². The third-order valence-corrected chi connectivity index (χ3v) is 3.50. The summed E-state index contributed by atoms with van der Waals surface area (Å²) < 4.78 is 1.78. The molecule has 4 heteroatoms. The van der Waals surface area contributed by atoms with Crippen LogP contribution >= 0.6 is 0 Å². The fourth-order valence-electron chi connectivity index (χ4n) is 2.50. The zero-order valence-corrected chi connectivity index (χ0v) is 10.6. The van der Waals surface area contributed by atoms with Gasteiger partial charge in [0.05, 0.1) is 0 Å². The molecule has 4 nitrogen and oxygen atoms in total. The average molecular weight is 245 g/mol. The molecule has 3 heterocycles. The van der Waals surface area contributed by atoms with E-state index in [1.54, 1.807) is 10.9 Å². The lowest BCUT2D eigenvalue weighted by Crippen LogP contribution is -2.34. The van der Waals surface area contributed by atoms with E-state index in [9.17, 15) is 0 Å². The summed E-state index contributed by atoms with van der Waals surface area (Å²) in [5.41, 5.74) is 0.899. The molecule has 1 aliphatic rings. The number of rotatable bonds is 4. The van der Waals surface area contributed by atoms with Crippen molar-refractivity contribution < 1.29 is 4.84 Å². The molecule has 0 bridgehead atoms. The summed E-state index contributed by atoms with van der Waals surface area (Å²) in [6.45, 7) is 4.16. The molecule has 0 spiro atoms. The van der Waals surface area contributed by atoms with Gasteiger partial charge >= 0.3 is 0 Å². The van der Waals surface area contributed by atoms with E-state index >= 15 is 0 Å². The van der Waals surface area contributed by atoms with E-state index in [4.69, 9.17) is 4.84 Å². The van der Waals surface area contributed by atoms with Gasteiger partial charge in [-0.05, 0) is 44.1 Å². The lowest BCUT2D eigenvalue weighted by Gasteiger charge is -2.26. The van der Waals surface area contributed by atoms with Crippen molar-refractivity contribution in [3.8, 4) is 0 Å². The molecular formula is C14H19N3O. The average Bonchev–Trinajstić information content (AvgIpc) is 2.84. The van der Waals surface area contributed by atoms with Crippen LogP contribution in [0, 0.1) is 0 Å². The van der Waals surface area contributed by atoms with Crippen LogP contribution in [0.1, 0.15) is 19.3 Å². The van der Waals surface area contributed by atoms with Crippen LogP contribution in [0.25, 0.3) is 11.0 Å². The molecule has 0 saturated carbocycles. The summed E-state index contributed by atoms with van der Waals surface area (Å²) in [5, 5.41) is 1.12. The fraction of sp³-hybridized carbons (Fsp3) is 0.500. The van der Waals surface area contributed by atoms with Crippen LogP contribution in [0.15, 0.2) is 30.6 Å². The normalized spacial score (nSPS) is 17.1. The second kappa shape index (κ2) is 5.40. The molecule has 1 saturated heterocycles. The maximum Gasteiger partial charge on any atom is 0.175 e. The first-order valence-electron chi connectivity index (χ1n) is 6.71. The Bertz CT molecular complexity index is 502. The number of pyridine rings is 1. The van der Waals surface area contributed by atoms with Gasteiger partial charge in [0.25, 0.3) is 0 Å². The molecule has 18 heavy (non-hydrogen) atoms.